The molecule has 1 aromatic carbocycles. The minimum absolute atomic E-state index is 0.139. The van der Waals surface area contributed by atoms with Crippen LogP contribution < -0.4 is 4.74 Å². The van der Waals surface area contributed by atoms with Crippen LogP contribution in [0.2, 0.25) is 0 Å². The summed E-state index contributed by atoms with van der Waals surface area (Å²) in [5, 5.41) is 5.61. The van der Waals surface area contributed by atoms with E-state index in [9.17, 15) is 4.79 Å². The van der Waals surface area contributed by atoms with E-state index in [-0.39, 0.29) is 12.1 Å². The van der Waals surface area contributed by atoms with E-state index >= 15 is 0 Å². The summed E-state index contributed by atoms with van der Waals surface area (Å²) in [4.78, 5) is 18.0. The third kappa shape index (κ3) is 3.34. The van der Waals surface area contributed by atoms with E-state index < -0.39 is 0 Å². The number of carbonyl (C=O) groups is 1. The Balaban J connectivity index is 1.32. The van der Waals surface area contributed by atoms with Gasteiger partial charge in [-0.3, -0.25) is 0 Å². The highest BCUT2D eigenvalue weighted by atomic mass is 16.5. The minimum Gasteiger partial charge on any atom is -0.477 e. The fourth-order valence-electron chi connectivity index (χ4n) is 4.00. The fourth-order valence-corrected chi connectivity index (χ4v) is 4.00. The van der Waals surface area contributed by atoms with Gasteiger partial charge in [0, 0.05) is 30.5 Å². The van der Waals surface area contributed by atoms with Gasteiger partial charge in [-0.1, -0.05) is 18.2 Å². The maximum absolute atomic E-state index is 11.8. The van der Waals surface area contributed by atoms with Crippen LogP contribution in [0.5, 0.6) is 5.88 Å². The van der Waals surface area contributed by atoms with Crippen molar-refractivity contribution in [3.63, 3.8) is 0 Å². The van der Waals surface area contributed by atoms with Gasteiger partial charge in [-0.15, -0.1) is 5.10 Å². The second-order valence-electron chi connectivity index (χ2n) is 7.33. The molecule has 1 atom stereocenters. The Labute approximate surface area is 173 Å². The molecular formula is C22H22N4O4. The molecule has 0 aliphatic carbocycles. The zero-order valence-electron chi connectivity index (χ0n) is 16.7. The van der Waals surface area contributed by atoms with E-state index in [0.717, 1.165) is 42.5 Å². The molecule has 4 aromatic rings. The number of para-hydroxylation sites is 1. The Morgan fingerprint density at radius 1 is 1.27 bits per heavy atom. The second kappa shape index (κ2) is 7.70. The van der Waals surface area contributed by atoms with Crippen molar-refractivity contribution in [2.45, 2.75) is 25.3 Å². The number of hydrogen-bond acceptors (Lipinski definition) is 6. The molecule has 1 aliphatic heterocycles. The van der Waals surface area contributed by atoms with Crippen molar-refractivity contribution in [3.8, 4) is 17.3 Å². The van der Waals surface area contributed by atoms with Crippen LogP contribution in [0.25, 0.3) is 28.1 Å². The quantitative estimate of drug-likeness (QED) is 0.495. The monoisotopic (exact) mass is 406 g/mol. The molecule has 30 heavy (non-hydrogen) atoms. The van der Waals surface area contributed by atoms with Crippen LogP contribution in [0.4, 0.5) is 4.79 Å². The number of fused-ring (bicyclic) bond motifs is 2. The number of methoxy groups -OCH3 is 1. The Morgan fingerprint density at radius 2 is 2.17 bits per heavy atom. The van der Waals surface area contributed by atoms with Gasteiger partial charge in [-0.2, -0.15) is 0 Å². The molecule has 0 bridgehead atoms. The number of likely N-dealkylation sites (tertiary alicyclic amines) is 1. The molecular weight excluding hydrogens is 384 g/mol. The number of imidazole rings is 1. The molecule has 8 nitrogen and oxygen atoms in total. The first-order chi connectivity index (χ1) is 14.7. The van der Waals surface area contributed by atoms with Crippen LogP contribution >= 0.6 is 0 Å². The highest BCUT2D eigenvalue weighted by molar-refractivity contribution is 5.82. The number of benzene rings is 1. The van der Waals surface area contributed by atoms with Crippen LogP contribution in [0.15, 0.2) is 53.1 Å². The standard InChI is InChI=1S/C22H22N4O4/c1-28-22(27)25-11-4-6-16(25)10-12-29-21-9-8-20-23-14-17(26(20)24-21)19-13-15-5-2-3-7-18(15)30-19/h2-3,5,7-9,13-14,16H,4,6,10-12H2,1H3/t16-/m0/s1. The number of carbonyl (C=O) groups excluding carboxylic acids is 1. The minimum atomic E-state index is -0.272. The summed E-state index contributed by atoms with van der Waals surface area (Å²) in [5.41, 5.74) is 2.30. The first-order valence-electron chi connectivity index (χ1n) is 10.0. The van der Waals surface area contributed by atoms with E-state index in [0.29, 0.717) is 23.9 Å². The average molecular weight is 406 g/mol. The van der Waals surface area contributed by atoms with Gasteiger partial charge in [0.2, 0.25) is 5.88 Å². The SMILES string of the molecule is COC(=O)N1CCC[C@H]1CCOc1ccc2ncc(-c3cc4ccccc4o3)n2n1. The molecule has 3 aromatic heterocycles. The normalized spacial score (nSPS) is 16.4. The molecule has 0 radical (unpaired) electrons. The molecule has 5 rings (SSSR count). The van der Waals surface area contributed by atoms with Crippen molar-refractivity contribution in [1.29, 1.82) is 0 Å². The molecule has 1 fully saturated rings. The van der Waals surface area contributed by atoms with Gasteiger partial charge in [-0.25, -0.2) is 14.3 Å². The number of nitrogens with zero attached hydrogens (tertiary/aromatic N) is 4. The number of rotatable bonds is 5. The van der Waals surface area contributed by atoms with Gasteiger partial charge >= 0.3 is 6.09 Å². The second-order valence-corrected chi connectivity index (χ2v) is 7.33. The molecule has 0 spiro atoms. The van der Waals surface area contributed by atoms with Crippen LogP contribution in [0, 0.1) is 0 Å². The smallest absolute Gasteiger partial charge is 0.409 e. The molecule has 0 unspecified atom stereocenters. The summed E-state index contributed by atoms with van der Waals surface area (Å²) in [6.45, 7) is 1.20. The first-order valence-corrected chi connectivity index (χ1v) is 10.0. The zero-order chi connectivity index (χ0) is 20.5. The zero-order valence-corrected chi connectivity index (χ0v) is 16.7. The maximum Gasteiger partial charge on any atom is 0.409 e. The van der Waals surface area contributed by atoms with E-state index in [4.69, 9.17) is 13.9 Å². The van der Waals surface area contributed by atoms with Gasteiger partial charge in [0.05, 0.1) is 19.9 Å². The van der Waals surface area contributed by atoms with Crippen LogP contribution in [-0.2, 0) is 4.74 Å². The van der Waals surface area contributed by atoms with E-state index in [1.165, 1.54) is 7.11 Å². The molecule has 154 valence electrons. The van der Waals surface area contributed by atoms with Crippen LogP contribution in [0.1, 0.15) is 19.3 Å². The number of hydrogen-bond donors (Lipinski definition) is 0. The summed E-state index contributed by atoms with van der Waals surface area (Å²) in [6, 6.07) is 13.7. The third-order valence-corrected chi connectivity index (χ3v) is 5.50. The van der Waals surface area contributed by atoms with Crippen molar-refractivity contribution < 1.29 is 18.7 Å². The topological polar surface area (TPSA) is 82.1 Å². The van der Waals surface area contributed by atoms with Crippen molar-refractivity contribution >= 4 is 22.7 Å². The van der Waals surface area contributed by atoms with Gasteiger partial charge < -0.3 is 18.8 Å². The number of amides is 1. The lowest BCUT2D eigenvalue weighted by Gasteiger charge is -2.23. The lowest BCUT2D eigenvalue weighted by Crippen LogP contribution is -2.36. The number of ether oxygens (including phenoxy) is 2. The first kappa shape index (κ1) is 18.5. The molecule has 8 heteroatoms. The molecule has 1 amide bonds. The lowest BCUT2D eigenvalue weighted by molar-refractivity contribution is 0.113. The molecule has 0 N–H and O–H groups in total. The van der Waals surface area contributed by atoms with Crippen molar-refractivity contribution in [1.82, 2.24) is 19.5 Å². The maximum atomic E-state index is 11.8. The van der Waals surface area contributed by atoms with Crippen LogP contribution in [0.3, 0.4) is 0 Å². The number of aromatic nitrogens is 3. The highest BCUT2D eigenvalue weighted by Crippen LogP contribution is 2.28. The summed E-state index contributed by atoms with van der Waals surface area (Å²) >= 11 is 0. The van der Waals surface area contributed by atoms with Gasteiger partial charge in [0.25, 0.3) is 0 Å². The summed E-state index contributed by atoms with van der Waals surface area (Å²) in [6.07, 6.45) is 4.15. The molecule has 1 aliphatic rings. The van der Waals surface area contributed by atoms with Gasteiger partial charge in [0.1, 0.15) is 11.3 Å². The van der Waals surface area contributed by atoms with Gasteiger partial charge in [-0.05, 0) is 31.0 Å². The van der Waals surface area contributed by atoms with E-state index in [1.807, 2.05) is 36.4 Å². The third-order valence-electron chi connectivity index (χ3n) is 5.50. The Hall–Kier alpha value is -3.55. The highest BCUT2D eigenvalue weighted by Gasteiger charge is 2.29. The molecule has 0 saturated carbocycles. The Kier molecular flexibility index (Phi) is 4.74. The fraction of sp³-hybridized carbons (Fsp3) is 0.318. The molecule has 1 saturated heterocycles. The lowest BCUT2D eigenvalue weighted by atomic mass is 10.1. The average Bonchev–Trinajstić information content (AvgIpc) is 3.50. The van der Waals surface area contributed by atoms with E-state index in [2.05, 4.69) is 10.1 Å². The predicted octanol–water partition coefficient (Wildman–Crippen LogP) is 4.14. The van der Waals surface area contributed by atoms with Crippen LogP contribution in [-0.4, -0.2) is 51.9 Å². The number of furan rings is 1. The van der Waals surface area contributed by atoms with Crippen molar-refractivity contribution in [3.05, 3.63) is 48.7 Å². The Morgan fingerprint density at radius 3 is 3.03 bits per heavy atom. The summed E-state index contributed by atoms with van der Waals surface area (Å²) < 4.78 is 18.4. The van der Waals surface area contributed by atoms with Crippen molar-refractivity contribution in [2.75, 3.05) is 20.3 Å². The molecule has 4 heterocycles. The summed E-state index contributed by atoms with van der Waals surface area (Å²) in [7, 11) is 1.41. The largest absolute Gasteiger partial charge is 0.477 e. The predicted molar refractivity (Wildman–Crippen MR) is 110 cm³/mol. The van der Waals surface area contributed by atoms with Crippen molar-refractivity contribution in [2.24, 2.45) is 0 Å². The summed E-state index contributed by atoms with van der Waals surface area (Å²) in [5.74, 6) is 1.20. The Bertz CT molecular complexity index is 1170. The van der Waals surface area contributed by atoms with E-state index in [1.54, 1.807) is 21.7 Å². The van der Waals surface area contributed by atoms with Gasteiger partial charge in [0.15, 0.2) is 11.4 Å².